The quantitative estimate of drug-likeness (QED) is 0.237. The van der Waals surface area contributed by atoms with Gasteiger partial charge in [-0.2, -0.15) is 0 Å². The van der Waals surface area contributed by atoms with Crippen molar-refractivity contribution in [1.82, 2.24) is 0 Å². The van der Waals surface area contributed by atoms with E-state index in [1.807, 2.05) is 0 Å². The van der Waals surface area contributed by atoms with E-state index in [9.17, 15) is 14.7 Å². The van der Waals surface area contributed by atoms with Crippen LogP contribution in [0, 0.1) is 0 Å². The van der Waals surface area contributed by atoms with Gasteiger partial charge in [-0.1, -0.05) is 23.2 Å². The van der Waals surface area contributed by atoms with Gasteiger partial charge in [-0.05, 0) is 57.9 Å². The van der Waals surface area contributed by atoms with E-state index in [-0.39, 0.29) is 46.6 Å². The number of halogens is 2. The highest BCUT2D eigenvalue weighted by molar-refractivity contribution is 6.43. The van der Waals surface area contributed by atoms with Crippen molar-refractivity contribution < 1.29 is 43.1 Å². The first-order valence-electron chi connectivity index (χ1n) is 11.9. The van der Waals surface area contributed by atoms with Crippen molar-refractivity contribution in [2.24, 2.45) is 0 Å². The molecule has 1 N–H and O–H groups in total. The van der Waals surface area contributed by atoms with Crippen LogP contribution in [0.15, 0.2) is 24.3 Å². The zero-order chi connectivity index (χ0) is 28.5. The maximum absolute atomic E-state index is 12.8. The Labute approximate surface area is 232 Å². The molecule has 0 aromatic heterocycles. The van der Waals surface area contributed by atoms with Crippen LogP contribution >= 0.6 is 23.2 Å². The molecule has 0 saturated carbocycles. The topological polar surface area (TPSA) is 110 Å². The molecule has 2 rings (SSSR count). The molecule has 0 fully saturated rings. The third-order valence-electron chi connectivity index (χ3n) is 5.18. The fourth-order valence-corrected chi connectivity index (χ4v) is 3.82. The molecule has 0 aliphatic rings. The lowest BCUT2D eigenvalue weighted by Crippen LogP contribution is -2.24. The smallest absolute Gasteiger partial charge is 0.338 e. The van der Waals surface area contributed by atoms with Crippen molar-refractivity contribution in [2.75, 3.05) is 34.5 Å². The van der Waals surface area contributed by atoms with Crippen LogP contribution in [0.2, 0.25) is 10.0 Å². The van der Waals surface area contributed by atoms with Crippen LogP contribution in [-0.2, 0) is 9.47 Å². The van der Waals surface area contributed by atoms with Crippen molar-refractivity contribution in [1.29, 1.82) is 0 Å². The first-order valence-corrected chi connectivity index (χ1v) is 12.7. The Kier molecular flexibility index (Phi) is 11.8. The number of aliphatic hydroxyl groups is 1. The SMILES string of the molecule is COc1cc(C(=O)OC(CCO)CCCOc2cc(C(=O)OC(C)(C)C)cc(Cl)c2Cl)cc(OC)c1OC. The average molecular weight is 573 g/mol. The maximum Gasteiger partial charge on any atom is 0.338 e. The molecule has 1 atom stereocenters. The molecular weight excluding hydrogens is 539 g/mol. The van der Waals surface area contributed by atoms with Gasteiger partial charge in [-0.3, -0.25) is 0 Å². The summed E-state index contributed by atoms with van der Waals surface area (Å²) in [4.78, 5) is 25.3. The molecule has 2 aromatic rings. The molecule has 0 bridgehead atoms. The van der Waals surface area contributed by atoms with Crippen molar-refractivity contribution in [3.8, 4) is 23.0 Å². The molecule has 11 heteroatoms. The average Bonchev–Trinajstić information content (AvgIpc) is 2.86. The number of esters is 2. The van der Waals surface area contributed by atoms with Crippen LogP contribution in [0.1, 0.15) is 60.7 Å². The fraction of sp³-hybridized carbons (Fsp3) is 0.481. The molecule has 0 spiro atoms. The molecule has 0 heterocycles. The van der Waals surface area contributed by atoms with E-state index in [2.05, 4.69) is 0 Å². The molecule has 0 aliphatic carbocycles. The van der Waals surface area contributed by atoms with Gasteiger partial charge in [0.05, 0.1) is 44.1 Å². The van der Waals surface area contributed by atoms with Gasteiger partial charge in [0.15, 0.2) is 11.5 Å². The summed E-state index contributed by atoms with van der Waals surface area (Å²) in [5.74, 6) is 0.0505. The Balaban J connectivity index is 2.04. The standard InChI is InChI=1S/C27H34Cl2O9/c1-27(2,3)38-26(32)16-12-19(28)23(29)20(13-16)36-11-7-8-18(9-10-30)37-25(31)17-14-21(33-4)24(35-6)22(15-17)34-5/h12-15,18,30H,7-11H2,1-6H3. The highest BCUT2D eigenvalue weighted by Gasteiger charge is 2.22. The number of carbonyl (C=O) groups is 2. The molecule has 0 saturated heterocycles. The lowest BCUT2D eigenvalue weighted by atomic mass is 10.1. The number of methoxy groups -OCH3 is 3. The van der Waals surface area contributed by atoms with Gasteiger partial charge >= 0.3 is 11.9 Å². The molecule has 1 unspecified atom stereocenters. The number of hydrogen-bond donors (Lipinski definition) is 1. The predicted molar refractivity (Wildman–Crippen MR) is 143 cm³/mol. The largest absolute Gasteiger partial charge is 0.493 e. The van der Waals surface area contributed by atoms with Crippen LogP contribution in [0.4, 0.5) is 0 Å². The minimum absolute atomic E-state index is 0.155. The van der Waals surface area contributed by atoms with E-state index >= 15 is 0 Å². The Hall–Kier alpha value is -2.88. The fourth-order valence-electron chi connectivity index (χ4n) is 3.44. The molecule has 0 aliphatic heterocycles. The van der Waals surface area contributed by atoms with Crippen molar-refractivity contribution >= 4 is 35.1 Å². The molecule has 9 nitrogen and oxygen atoms in total. The number of carbonyl (C=O) groups excluding carboxylic acids is 2. The van der Waals surface area contributed by atoms with Gasteiger partial charge in [0.2, 0.25) is 5.75 Å². The van der Waals surface area contributed by atoms with Crippen LogP contribution in [-0.4, -0.2) is 63.3 Å². The molecule has 0 radical (unpaired) electrons. The summed E-state index contributed by atoms with van der Waals surface area (Å²) in [5.41, 5.74) is -0.258. The lowest BCUT2D eigenvalue weighted by Gasteiger charge is -2.20. The number of rotatable bonds is 13. The summed E-state index contributed by atoms with van der Waals surface area (Å²) >= 11 is 12.4. The second-order valence-electron chi connectivity index (χ2n) is 9.22. The van der Waals surface area contributed by atoms with Crippen LogP contribution in [0.3, 0.4) is 0 Å². The van der Waals surface area contributed by atoms with Gasteiger partial charge in [-0.15, -0.1) is 0 Å². The molecule has 38 heavy (non-hydrogen) atoms. The normalized spacial score (nSPS) is 11.9. The van der Waals surface area contributed by atoms with Gasteiger partial charge in [0.1, 0.15) is 22.5 Å². The van der Waals surface area contributed by atoms with Crippen molar-refractivity contribution in [3.05, 3.63) is 45.4 Å². The zero-order valence-electron chi connectivity index (χ0n) is 22.4. The third kappa shape index (κ3) is 8.85. The van der Waals surface area contributed by atoms with E-state index in [1.54, 1.807) is 20.8 Å². The number of aliphatic hydroxyl groups excluding tert-OH is 1. The highest BCUT2D eigenvalue weighted by Crippen LogP contribution is 2.38. The third-order valence-corrected chi connectivity index (χ3v) is 5.97. The van der Waals surface area contributed by atoms with Gasteiger partial charge < -0.3 is 33.5 Å². The molecule has 0 amide bonds. The van der Waals surface area contributed by atoms with Crippen LogP contribution in [0.5, 0.6) is 23.0 Å². The van der Waals surface area contributed by atoms with E-state index in [0.717, 1.165) is 0 Å². The first-order chi connectivity index (χ1) is 17.9. The van der Waals surface area contributed by atoms with Gasteiger partial charge in [0.25, 0.3) is 0 Å². The maximum atomic E-state index is 12.8. The number of benzene rings is 2. The monoisotopic (exact) mass is 572 g/mol. The Bertz CT molecular complexity index is 1090. The Morgan fingerprint density at radius 2 is 1.45 bits per heavy atom. The summed E-state index contributed by atoms with van der Waals surface area (Å²) in [7, 11) is 4.36. The van der Waals surface area contributed by atoms with E-state index in [0.29, 0.717) is 30.1 Å². The summed E-state index contributed by atoms with van der Waals surface area (Å²) < 4.78 is 32.6. The molecule has 2 aromatic carbocycles. The van der Waals surface area contributed by atoms with Crippen molar-refractivity contribution in [3.63, 3.8) is 0 Å². The predicted octanol–water partition coefficient (Wildman–Crippen LogP) is 5.74. The summed E-state index contributed by atoms with van der Waals surface area (Å²) in [6, 6.07) is 5.88. The zero-order valence-corrected chi connectivity index (χ0v) is 23.9. The Morgan fingerprint density at radius 1 is 0.868 bits per heavy atom. The van der Waals surface area contributed by atoms with Crippen molar-refractivity contribution in [2.45, 2.75) is 51.7 Å². The number of ether oxygens (including phenoxy) is 6. The lowest BCUT2D eigenvalue weighted by molar-refractivity contribution is 0.00685. The highest BCUT2D eigenvalue weighted by atomic mass is 35.5. The molecule has 210 valence electrons. The van der Waals surface area contributed by atoms with Gasteiger partial charge in [0, 0.05) is 13.0 Å². The minimum Gasteiger partial charge on any atom is -0.493 e. The van der Waals surface area contributed by atoms with E-state index < -0.39 is 23.6 Å². The minimum atomic E-state index is -0.675. The first kappa shape index (κ1) is 31.3. The second kappa shape index (κ2) is 14.3. The van der Waals surface area contributed by atoms with Crippen LogP contribution in [0.25, 0.3) is 0 Å². The number of hydrogen-bond acceptors (Lipinski definition) is 9. The summed E-state index contributed by atoms with van der Waals surface area (Å²) in [6.07, 6.45) is 0.505. The van der Waals surface area contributed by atoms with E-state index in [4.69, 9.17) is 51.6 Å². The van der Waals surface area contributed by atoms with Crippen LogP contribution < -0.4 is 18.9 Å². The second-order valence-corrected chi connectivity index (χ2v) is 10.0. The Morgan fingerprint density at radius 3 is 1.97 bits per heavy atom. The van der Waals surface area contributed by atoms with Gasteiger partial charge in [-0.25, -0.2) is 9.59 Å². The van der Waals surface area contributed by atoms with E-state index in [1.165, 1.54) is 45.6 Å². The summed E-state index contributed by atoms with van der Waals surface area (Å²) in [5, 5.41) is 9.78. The molecular formula is C27H34Cl2O9. The summed E-state index contributed by atoms with van der Waals surface area (Å²) in [6.45, 7) is 5.30.